The van der Waals surface area contributed by atoms with Gasteiger partial charge in [0, 0.05) is 28.1 Å². The standard InChI is InChI=1S/C21H23NO3/c1-4-15-5-7-16(8-6-15)12-22(3)13-17-11-20(24)25-21-14(2)19(23)10-9-18(17)21/h5-11,23H,4,12-13H2,1-3H3/p+1. The molecular weight excluding hydrogens is 314 g/mol. The minimum atomic E-state index is -0.378. The Morgan fingerprint density at radius 2 is 1.72 bits per heavy atom. The number of fused-ring (bicyclic) bond motifs is 1. The summed E-state index contributed by atoms with van der Waals surface area (Å²) in [7, 11) is 2.11. The molecule has 0 radical (unpaired) electrons. The maximum absolute atomic E-state index is 11.9. The van der Waals surface area contributed by atoms with Crippen LogP contribution in [0.4, 0.5) is 0 Å². The van der Waals surface area contributed by atoms with Crippen LogP contribution in [0.15, 0.2) is 51.7 Å². The van der Waals surface area contributed by atoms with E-state index in [2.05, 4.69) is 38.2 Å². The molecule has 130 valence electrons. The van der Waals surface area contributed by atoms with Gasteiger partial charge in [-0.2, -0.15) is 0 Å². The zero-order valence-corrected chi connectivity index (χ0v) is 14.9. The Kier molecular flexibility index (Phi) is 4.91. The van der Waals surface area contributed by atoms with Crippen molar-refractivity contribution < 1.29 is 14.4 Å². The third-order valence-electron chi connectivity index (χ3n) is 4.65. The SMILES string of the molecule is CCc1ccc(C[NH+](C)Cc2cc(=O)oc3c(C)c(O)ccc23)cc1. The molecule has 0 saturated carbocycles. The molecule has 3 aromatic rings. The quantitative estimate of drug-likeness (QED) is 0.703. The van der Waals surface area contributed by atoms with E-state index in [1.807, 2.05) is 6.07 Å². The average molecular weight is 338 g/mol. The summed E-state index contributed by atoms with van der Waals surface area (Å²) in [6.07, 6.45) is 1.04. The number of benzene rings is 2. The summed E-state index contributed by atoms with van der Waals surface area (Å²) in [5.74, 6) is 0.143. The fraction of sp³-hybridized carbons (Fsp3) is 0.286. The van der Waals surface area contributed by atoms with Gasteiger partial charge in [0.25, 0.3) is 0 Å². The first-order valence-corrected chi connectivity index (χ1v) is 8.62. The predicted octanol–water partition coefficient (Wildman–Crippen LogP) is 2.58. The Hall–Kier alpha value is -2.59. The summed E-state index contributed by atoms with van der Waals surface area (Å²) >= 11 is 0. The lowest BCUT2D eigenvalue weighted by Crippen LogP contribution is -3.06. The fourth-order valence-electron chi connectivity index (χ4n) is 3.19. The van der Waals surface area contributed by atoms with E-state index in [-0.39, 0.29) is 11.4 Å². The molecule has 0 aliphatic carbocycles. The highest BCUT2D eigenvalue weighted by Gasteiger charge is 2.14. The first kappa shape index (κ1) is 17.2. The highest BCUT2D eigenvalue weighted by Crippen LogP contribution is 2.27. The molecule has 1 aromatic heterocycles. The zero-order chi connectivity index (χ0) is 18.0. The van der Waals surface area contributed by atoms with Crippen molar-refractivity contribution in [1.29, 1.82) is 0 Å². The number of quaternary nitrogens is 1. The average Bonchev–Trinajstić information content (AvgIpc) is 2.59. The first-order valence-electron chi connectivity index (χ1n) is 8.62. The second kappa shape index (κ2) is 7.11. The molecule has 4 heteroatoms. The van der Waals surface area contributed by atoms with Gasteiger partial charge in [-0.3, -0.25) is 0 Å². The number of hydrogen-bond acceptors (Lipinski definition) is 3. The van der Waals surface area contributed by atoms with Crippen molar-refractivity contribution in [2.75, 3.05) is 7.05 Å². The van der Waals surface area contributed by atoms with Crippen molar-refractivity contribution in [2.24, 2.45) is 0 Å². The normalized spacial score (nSPS) is 12.4. The van der Waals surface area contributed by atoms with E-state index in [9.17, 15) is 9.90 Å². The number of aromatic hydroxyl groups is 1. The summed E-state index contributed by atoms with van der Waals surface area (Å²) in [4.78, 5) is 13.2. The molecule has 4 nitrogen and oxygen atoms in total. The molecule has 1 unspecified atom stereocenters. The smallest absolute Gasteiger partial charge is 0.336 e. The Bertz CT molecular complexity index is 942. The van der Waals surface area contributed by atoms with Crippen LogP contribution in [0.5, 0.6) is 5.75 Å². The van der Waals surface area contributed by atoms with E-state index < -0.39 is 0 Å². The van der Waals surface area contributed by atoms with Gasteiger partial charge in [-0.05, 0) is 31.0 Å². The largest absolute Gasteiger partial charge is 0.508 e. The van der Waals surface area contributed by atoms with Gasteiger partial charge in [-0.15, -0.1) is 0 Å². The van der Waals surface area contributed by atoms with Crippen LogP contribution in [0.2, 0.25) is 0 Å². The lowest BCUT2D eigenvalue weighted by atomic mass is 10.1. The van der Waals surface area contributed by atoms with Crippen LogP contribution in [0, 0.1) is 6.92 Å². The molecule has 0 fully saturated rings. The zero-order valence-electron chi connectivity index (χ0n) is 14.9. The molecule has 0 saturated heterocycles. The van der Waals surface area contributed by atoms with E-state index in [0.29, 0.717) is 17.7 Å². The highest BCUT2D eigenvalue weighted by molar-refractivity contribution is 5.84. The number of hydrogen-bond donors (Lipinski definition) is 2. The molecular formula is C21H24NO3+. The van der Waals surface area contributed by atoms with Crippen molar-refractivity contribution in [3.05, 3.63) is 75.1 Å². The van der Waals surface area contributed by atoms with Crippen LogP contribution in [0.3, 0.4) is 0 Å². The van der Waals surface area contributed by atoms with Crippen molar-refractivity contribution in [2.45, 2.75) is 33.4 Å². The number of aryl methyl sites for hydroxylation is 2. The van der Waals surface area contributed by atoms with Gasteiger partial charge in [0.05, 0.1) is 7.05 Å². The maximum atomic E-state index is 11.9. The monoisotopic (exact) mass is 338 g/mol. The van der Waals surface area contributed by atoms with Gasteiger partial charge in [0.2, 0.25) is 0 Å². The maximum Gasteiger partial charge on any atom is 0.336 e. The predicted molar refractivity (Wildman–Crippen MR) is 99.0 cm³/mol. The third-order valence-corrected chi connectivity index (χ3v) is 4.65. The fourth-order valence-corrected chi connectivity index (χ4v) is 3.19. The topological polar surface area (TPSA) is 54.9 Å². The van der Waals surface area contributed by atoms with Crippen molar-refractivity contribution in [3.63, 3.8) is 0 Å². The van der Waals surface area contributed by atoms with Crippen LogP contribution in [-0.2, 0) is 19.5 Å². The first-order chi connectivity index (χ1) is 12.0. The molecule has 0 spiro atoms. The second-order valence-electron chi connectivity index (χ2n) is 6.66. The lowest BCUT2D eigenvalue weighted by molar-refractivity contribution is -0.907. The van der Waals surface area contributed by atoms with E-state index in [1.165, 1.54) is 16.0 Å². The summed E-state index contributed by atoms with van der Waals surface area (Å²) < 4.78 is 5.31. The summed E-state index contributed by atoms with van der Waals surface area (Å²) in [5.41, 5.74) is 4.25. The molecule has 1 heterocycles. The van der Waals surface area contributed by atoms with Crippen LogP contribution in [0.1, 0.15) is 29.2 Å². The lowest BCUT2D eigenvalue weighted by Gasteiger charge is -2.16. The van der Waals surface area contributed by atoms with Crippen molar-refractivity contribution >= 4 is 11.0 Å². The van der Waals surface area contributed by atoms with Gasteiger partial charge in [-0.1, -0.05) is 31.2 Å². The van der Waals surface area contributed by atoms with Crippen LogP contribution < -0.4 is 10.5 Å². The second-order valence-corrected chi connectivity index (χ2v) is 6.66. The van der Waals surface area contributed by atoms with Gasteiger partial charge in [-0.25, -0.2) is 4.79 Å². The number of nitrogens with one attached hydrogen (secondary N) is 1. The molecule has 1 atom stereocenters. The Morgan fingerprint density at radius 1 is 1.04 bits per heavy atom. The van der Waals surface area contributed by atoms with Crippen LogP contribution in [-0.4, -0.2) is 12.2 Å². The minimum Gasteiger partial charge on any atom is -0.508 e. The van der Waals surface area contributed by atoms with Crippen LogP contribution in [0.25, 0.3) is 11.0 Å². The molecule has 0 aliphatic heterocycles. The van der Waals surface area contributed by atoms with Crippen LogP contribution >= 0.6 is 0 Å². The number of phenolic OH excluding ortho intramolecular Hbond substituents is 1. The van der Waals surface area contributed by atoms with E-state index >= 15 is 0 Å². The van der Waals surface area contributed by atoms with Gasteiger partial charge in [0.15, 0.2) is 0 Å². The number of phenols is 1. The summed E-state index contributed by atoms with van der Waals surface area (Å²) in [5, 5.41) is 10.7. The molecule has 3 rings (SSSR count). The van der Waals surface area contributed by atoms with Gasteiger partial charge >= 0.3 is 5.63 Å². The summed E-state index contributed by atoms with van der Waals surface area (Å²) in [6.45, 7) is 5.50. The minimum absolute atomic E-state index is 0.143. The van der Waals surface area contributed by atoms with Crippen molar-refractivity contribution in [1.82, 2.24) is 0 Å². The van der Waals surface area contributed by atoms with E-state index in [0.717, 1.165) is 23.9 Å². The number of rotatable bonds is 5. The van der Waals surface area contributed by atoms with Crippen molar-refractivity contribution in [3.8, 4) is 5.75 Å². The Balaban J connectivity index is 1.86. The molecule has 0 aliphatic rings. The van der Waals surface area contributed by atoms with Gasteiger partial charge < -0.3 is 14.4 Å². The molecule has 2 aromatic carbocycles. The molecule has 0 bridgehead atoms. The summed E-state index contributed by atoms with van der Waals surface area (Å²) in [6, 6.07) is 13.7. The third kappa shape index (κ3) is 3.74. The Labute approximate surface area is 147 Å². The molecule has 2 N–H and O–H groups in total. The van der Waals surface area contributed by atoms with E-state index in [1.54, 1.807) is 19.1 Å². The Morgan fingerprint density at radius 3 is 2.40 bits per heavy atom. The molecule has 25 heavy (non-hydrogen) atoms. The molecule has 0 amide bonds. The van der Waals surface area contributed by atoms with E-state index in [4.69, 9.17) is 4.42 Å². The highest BCUT2D eigenvalue weighted by atomic mass is 16.4. The van der Waals surface area contributed by atoms with Gasteiger partial charge in [0.1, 0.15) is 24.4 Å².